The zero-order valence-corrected chi connectivity index (χ0v) is 24.8. The van der Waals surface area contributed by atoms with Crippen LogP contribution in [-0.4, -0.2) is 38.0 Å². The third-order valence-electron chi connectivity index (χ3n) is 8.72. The molecule has 0 amide bonds. The highest BCUT2D eigenvalue weighted by Gasteiger charge is 2.47. The van der Waals surface area contributed by atoms with E-state index in [-0.39, 0.29) is 5.82 Å². The predicted molar refractivity (Wildman–Crippen MR) is 152 cm³/mol. The standard InChI is InChI=1S/C31H44FNO3Si/c1-20(2)37(21(3)4,22(5)6)36-29-23(7)17-25-18-28(19-35-30(25)24(29)8)33-15-13-31(34,14-16-33)26-9-11-27(32)12-10-26/h9-12,17-18,20-22,34H,13-16,19H2,1-8H3. The Morgan fingerprint density at radius 1 is 0.973 bits per heavy atom. The number of aryl methyl sites for hydroxylation is 1. The molecular weight excluding hydrogens is 481 g/mol. The molecule has 0 bridgehead atoms. The summed E-state index contributed by atoms with van der Waals surface area (Å²) in [4.78, 5) is 2.31. The molecule has 0 saturated carbocycles. The smallest absolute Gasteiger partial charge is 0.258 e. The van der Waals surface area contributed by atoms with E-state index in [0.717, 1.165) is 52.5 Å². The number of hydrogen-bond donors (Lipinski definition) is 1. The molecule has 1 N–H and O–H groups in total. The van der Waals surface area contributed by atoms with Crippen molar-refractivity contribution in [3.63, 3.8) is 0 Å². The van der Waals surface area contributed by atoms with Gasteiger partial charge in [0.2, 0.25) is 0 Å². The van der Waals surface area contributed by atoms with Crippen LogP contribution in [0.1, 0.15) is 76.6 Å². The zero-order valence-electron chi connectivity index (χ0n) is 23.8. The van der Waals surface area contributed by atoms with Gasteiger partial charge in [0.25, 0.3) is 8.32 Å². The van der Waals surface area contributed by atoms with Crippen LogP contribution in [0.2, 0.25) is 16.6 Å². The molecule has 0 spiro atoms. The maximum Gasteiger partial charge on any atom is 0.258 e. The van der Waals surface area contributed by atoms with Gasteiger partial charge in [-0.25, -0.2) is 4.39 Å². The Morgan fingerprint density at radius 2 is 1.54 bits per heavy atom. The van der Waals surface area contributed by atoms with Crippen LogP contribution in [0.25, 0.3) is 6.08 Å². The molecule has 2 aromatic rings. The molecule has 4 rings (SSSR count). The average Bonchev–Trinajstić information content (AvgIpc) is 2.84. The molecule has 1 saturated heterocycles. The number of fused-ring (bicyclic) bond motifs is 1. The third kappa shape index (κ3) is 5.07. The molecule has 2 heterocycles. The molecule has 0 unspecified atom stereocenters. The van der Waals surface area contributed by atoms with Gasteiger partial charge in [-0.3, -0.25) is 0 Å². The molecular formula is C31H44FNO3Si. The topological polar surface area (TPSA) is 41.9 Å². The first-order chi connectivity index (χ1) is 17.4. The third-order valence-corrected chi connectivity index (χ3v) is 14.7. The number of aliphatic hydroxyl groups is 1. The van der Waals surface area contributed by atoms with Crippen LogP contribution >= 0.6 is 0 Å². The second-order valence-corrected chi connectivity index (χ2v) is 17.3. The number of rotatable bonds is 7. The minimum atomic E-state index is -2.09. The van der Waals surface area contributed by atoms with Gasteiger partial charge in [-0.15, -0.1) is 0 Å². The van der Waals surface area contributed by atoms with Crippen LogP contribution in [0, 0.1) is 19.7 Å². The van der Waals surface area contributed by atoms with Crippen molar-refractivity contribution < 1.29 is 18.7 Å². The summed E-state index contributed by atoms with van der Waals surface area (Å²) < 4.78 is 26.8. The Morgan fingerprint density at radius 3 is 2.08 bits per heavy atom. The Hall–Kier alpha value is -2.31. The van der Waals surface area contributed by atoms with Crippen LogP contribution in [-0.2, 0) is 5.60 Å². The molecule has 4 nitrogen and oxygen atoms in total. The van der Waals surface area contributed by atoms with Crippen LogP contribution in [0.4, 0.5) is 4.39 Å². The van der Waals surface area contributed by atoms with Gasteiger partial charge in [-0.2, -0.15) is 0 Å². The number of halogens is 1. The molecule has 1 fully saturated rings. The summed E-state index contributed by atoms with van der Waals surface area (Å²) in [7, 11) is -2.09. The molecule has 0 atom stereocenters. The number of benzene rings is 2. The van der Waals surface area contributed by atoms with Gasteiger partial charge in [-0.1, -0.05) is 53.7 Å². The fourth-order valence-corrected chi connectivity index (χ4v) is 12.1. The monoisotopic (exact) mass is 525 g/mol. The van der Waals surface area contributed by atoms with E-state index in [4.69, 9.17) is 9.16 Å². The number of likely N-dealkylation sites (tertiary alicyclic amines) is 1. The second kappa shape index (κ2) is 10.5. The van der Waals surface area contributed by atoms with E-state index in [9.17, 15) is 9.50 Å². The van der Waals surface area contributed by atoms with Gasteiger partial charge in [0.05, 0.1) is 11.3 Å². The van der Waals surface area contributed by atoms with Crippen LogP contribution < -0.4 is 9.16 Å². The molecule has 0 aliphatic carbocycles. The lowest BCUT2D eigenvalue weighted by atomic mass is 9.84. The summed E-state index contributed by atoms with van der Waals surface area (Å²) in [6.45, 7) is 20.1. The largest absolute Gasteiger partial charge is 0.542 e. The Kier molecular flexibility index (Phi) is 7.83. The predicted octanol–water partition coefficient (Wildman–Crippen LogP) is 7.71. The van der Waals surface area contributed by atoms with E-state index in [2.05, 4.69) is 72.4 Å². The van der Waals surface area contributed by atoms with Gasteiger partial charge in [-0.05, 0) is 78.7 Å². The van der Waals surface area contributed by atoms with Gasteiger partial charge in [0.15, 0.2) is 0 Å². The van der Waals surface area contributed by atoms with Gasteiger partial charge < -0.3 is 19.2 Å². The highest BCUT2D eigenvalue weighted by molar-refractivity contribution is 6.78. The summed E-state index contributed by atoms with van der Waals surface area (Å²) in [5.41, 5.74) is 5.85. The molecule has 2 aromatic carbocycles. The van der Waals surface area contributed by atoms with Crippen molar-refractivity contribution in [3.05, 3.63) is 64.1 Å². The Bertz CT molecular complexity index is 1130. The molecule has 2 aliphatic rings. The molecule has 202 valence electrons. The molecule has 2 aliphatic heterocycles. The van der Waals surface area contributed by atoms with Gasteiger partial charge >= 0.3 is 0 Å². The van der Waals surface area contributed by atoms with Crippen molar-refractivity contribution in [3.8, 4) is 11.5 Å². The molecule has 6 heteroatoms. The molecule has 0 radical (unpaired) electrons. The quantitative estimate of drug-likeness (QED) is 0.376. The Labute approximate surface area is 223 Å². The normalized spacial score (nSPS) is 17.6. The van der Waals surface area contributed by atoms with Crippen LogP contribution in [0.3, 0.4) is 0 Å². The first-order valence-electron chi connectivity index (χ1n) is 13.8. The second-order valence-electron chi connectivity index (χ2n) is 11.9. The Balaban J connectivity index is 1.57. The van der Waals surface area contributed by atoms with Gasteiger partial charge in [0.1, 0.15) is 23.9 Å². The molecule has 0 aromatic heterocycles. The fraction of sp³-hybridized carbons (Fsp3) is 0.548. The lowest BCUT2D eigenvalue weighted by molar-refractivity contribution is -0.0201. The van der Waals surface area contributed by atoms with Crippen molar-refractivity contribution in [1.29, 1.82) is 0 Å². The maximum atomic E-state index is 13.4. The minimum absolute atomic E-state index is 0.280. The maximum absolute atomic E-state index is 13.4. The first kappa shape index (κ1) is 27.7. The van der Waals surface area contributed by atoms with E-state index in [1.807, 2.05) is 0 Å². The van der Waals surface area contributed by atoms with Crippen molar-refractivity contribution in [2.24, 2.45) is 0 Å². The SMILES string of the molecule is Cc1cc2c(c(C)c1O[Si](C(C)C)(C(C)C)C(C)C)OCC(N1CCC(O)(c3ccc(F)cc3)CC1)=C2. The van der Waals surface area contributed by atoms with Crippen molar-refractivity contribution in [1.82, 2.24) is 4.90 Å². The minimum Gasteiger partial charge on any atom is -0.542 e. The summed E-state index contributed by atoms with van der Waals surface area (Å²) in [6.07, 6.45) is 3.43. The summed E-state index contributed by atoms with van der Waals surface area (Å²) in [6, 6.07) is 8.45. The zero-order chi connectivity index (χ0) is 27.1. The fourth-order valence-electron chi connectivity index (χ4n) is 6.73. The molecule has 37 heavy (non-hydrogen) atoms. The number of piperidine rings is 1. The number of ether oxygens (including phenoxy) is 1. The lowest BCUT2D eigenvalue weighted by Crippen LogP contribution is -2.51. The number of hydrogen-bond acceptors (Lipinski definition) is 4. The van der Waals surface area contributed by atoms with Crippen LogP contribution in [0.15, 0.2) is 36.0 Å². The van der Waals surface area contributed by atoms with E-state index >= 15 is 0 Å². The van der Waals surface area contributed by atoms with E-state index in [1.54, 1.807) is 12.1 Å². The van der Waals surface area contributed by atoms with Gasteiger partial charge in [0, 0.05) is 24.2 Å². The van der Waals surface area contributed by atoms with Crippen LogP contribution in [0.5, 0.6) is 11.5 Å². The highest BCUT2D eigenvalue weighted by Crippen LogP contribution is 2.47. The number of nitrogens with zero attached hydrogens (tertiary/aromatic N) is 1. The highest BCUT2D eigenvalue weighted by atomic mass is 28.4. The van der Waals surface area contributed by atoms with E-state index in [1.165, 1.54) is 12.1 Å². The van der Waals surface area contributed by atoms with E-state index in [0.29, 0.717) is 36.1 Å². The first-order valence-corrected chi connectivity index (χ1v) is 15.9. The summed E-state index contributed by atoms with van der Waals surface area (Å²) >= 11 is 0. The summed E-state index contributed by atoms with van der Waals surface area (Å²) in [5.74, 6) is 1.64. The summed E-state index contributed by atoms with van der Waals surface area (Å²) in [5, 5.41) is 11.2. The van der Waals surface area contributed by atoms with Crippen molar-refractivity contribution >= 4 is 14.4 Å². The average molecular weight is 526 g/mol. The van der Waals surface area contributed by atoms with Crippen molar-refractivity contribution in [2.75, 3.05) is 19.7 Å². The van der Waals surface area contributed by atoms with Crippen molar-refractivity contribution in [2.45, 2.75) is 90.5 Å². The van der Waals surface area contributed by atoms with E-state index < -0.39 is 13.9 Å². The lowest BCUT2D eigenvalue weighted by Gasteiger charge is -2.43.